The Balaban J connectivity index is 1.76. The SMILES string of the molecule is CCOc1ccc(S(=O)(=O)NCCC(=O)OCC(=O)Nc2cccc(C(F)(F)F)c2)cc1. The maximum absolute atomic E-state index is 12.7. The van der Waals surface area contributed by atoms with Crippen LogP contribution in [0.4, 0.5) is 18.9 Å². The molecule has 32 heavy (non-hydrogen) atoms. The normalized spacial score (nSPS) is 11.6. The fourth-order valence-corrected chi connectivity index (χ4v) is 3.47. The van der Waals surface area contributed by atoms with Crippen LogP contribution in [0.25, 0.3) is 0 Å². The summed E-state index contributed by atoms with van der Waals surface area (Å²) in [4.78, 5) is 23.5. The lowest BCUT2D eigenvalue weighted by Gasteiger charge is -2.10. The molecule has 0 saturated heterocycles. The molecule has 2 rings (SSSR count). The average molecular weight is 474 g/mol. The molecule has 0 aliphatic heterocycles. The Hall–Kier alpha value is -3.12. The van der Waals surface area contributed by atoms with Gasteiger partial charge >= 0.3 is 12.1 Å². The summed E-state index contributed by atoms with van der Waals surface area (Å²) >= 11 is 0. The number of alkyl halides is 3. The highest BCUT2D eigenvalue weighted by atomic mass is 32.2. The minimum absolute atomic E-state index is 0.0187. The lowest BCUT2D eigenvalue weighted by Crippen LogP contribution is -2.28. The van der Waals surface area contributed by atoms with Gasteiger partial charge in [0, 0.05) is 12.2 Å². The van der Waals surface area contributed by atoms with Crippen molar-refractivity contribution in [1.82, 2.24) is 4.72 Å². The minimum atomic E-state index is -4.56. The molecule has 0 aromatic heterocycles. The van der Waals surface area contributed by atoms with Crippen LogP contribution in [-0.4, -0.2) is 40.1 Å². The van der Waals surface area contributed by atoms with Crippen molar-refractivity contribution >= 4 is 27.6 Å². The Morgan fingerprint density at radius 2 is 1.75 bits per heavy atom. The molecule has 0 spiro atoms. The van der Waals surface area contributed by atoms with Gasteiger partial charge in [0.05, 0.1) is 23.5 Å². The fraction of sp³-hybridized carbons (Fsp3) is 0.300. The zero-order chi connectivity index (χ0) is 23.8. The predicted octanol–water partition coefficient (Wildman–Crippen LogP) is 2.95. The molecule has 2 aromatic rings. The second-order valence-electron chi connectivity index (χ2n) is 6.34. The summed E-state index contributed by atoms with van der Waals surface area (Å²) in [6, 6.07) is 9.67. The number of esters is 1. The van der Waals surface area contributed by atoms with Crippen molar-refractivity contribution in [3.63, 3.8) is 0 Å². The standard InChI is InChI=1S/C20H21F3N2O6S/c1-2-30-16-6-8-17(9-7-16)32(28,29)24-11-10-19(27)31-13-18(26)25-15-5-3-4-14(12-15)20(21,22)23/h3-9,12,24H,2,10-11,13H2,1H3,(H,25,26). The van der Waals surface area contributed by atoms with E-state index in [2.05, 4.69) is 10.0 Å². The summed E-state index contributed by atoms with van der Waals surface area (Å²) in [6.07, 6.45) is -4.92. The van der Waals surface area contributed by atoms with Crippen molar-refractivity contribution in [2.45, 2.75) is 24.4 Å². The highest BCUT2D eigenvalue weighted by Gasteiger charge is 2.30. The molecule has 0 heterocycles. The van der Waals surface area contributed by atoms with Crippen molar-refractivity contribution < 1.29 is 40.7 Å². The van der Waals surface area contributed by atoms with Gasteiger partial charge in [-0.15, -0.1) is 0 Å². The van der Waals surface area contributed by atoms with Crippen LogP contribution >= 0.6 is 0 Å². The van der Waals surface area contributed by atoms with Crippen molar-refractivity contribution in [3.05, 3.63) is 54.1 Å². The molecule has 2 N–H and O–H groups in total. The monoisotopic (exact) mass is 474 g/mol. The number of nitrogens with one attached hydrogen (secondary N) is 2. The Bertz CT molecular complexity index is 1040. The third-order valence-corrected chi connectivity index (χ3v) is 5.38. The first-order valence-electron chi connectivity index (χ1n) is 9.36. The van der Waals surface area contributed by atoms with E-state index in [1.807, 2.05) is 0 Å². The summed E-state index contributed by atoms with van der Waals surface area (Å²) in [7, 11) is -3.86. The zero-order valence-electron chi connectivity index (χ0n) is 16.9. The maximum Gasteiger partial charge on any atom is 0.416 e. The van der Waals surface area contributed by atoms with Crippen LogP contribution in [0.2, 0.25) is 0 Å². The smallest absolute Gasteiger partial charge is 0.416 e. The third kappa shape index (κ3) is 7.85. The number of amides is 1. The molecule has 0 bridgehead atoms. The van der Waals surface area contributed by atoms with Crippen molar-refractivity contribution in [2.75, 3.05) is 25.1 Å². The van der Waals surface area contributed by atoms with Crippen LogP contribution in [0.5, 0.6) is 5.75 Å². The van der Waals surface area contributed by atoms with Gasteiger partial charge in [-0.25, -0.2) is 13.1 Å². The molecule has 0 unspecified atom stereocenters. The molecule has 174 valence electrons. The van der Waals surface area contributed by atoms with E-state index < -0.39 is 40.2 Å². The van der Waals surface area contributed by atoms with Gasteiger partial charge in [0.15, 0.2) is 6.61 Å². The molecular formula is C20H21F3N2O6S. The number of rotatable bonds is 10. The Kier molecular flexibility index (Phi) is 8.61. The minimum Gasteiger partial charge on any atom is -0.494 e. The summed E-state index contributed by atoms with van der Waals surface area (Å²) in [6.45, 7) is 1.22. The van der Waals surface area contributed by atoms with Crippen LogP contribution < -0.4 is 14.8 Å². The molecule has 0 atom stereocenters. The van der Waals surface area contributed by atoms with Crippen molar-refractivity contribution in [3.8, 4) is 5.75 Å². The third-order valence-electron chi connectivity index (χ3n) is 3.90. The lowest BCUT2D eigenvalue weighted by atomic mass is 10.2. The van der Waals surface area contributed by atoms with Gasteiger partial charge in [0.25, 0.3) is 5.91 Å². The van der Waals surface area contributed by atoms with Crippen LogP contribution in [0.1, 0.15) is 18.9 Å². The number of anilines is 1. The number of hydrogen-bond acceptors (Lipinski definition) is 6. The second-order valence-corrected chi connectivity index (χ2v) is 8.11. The number of hydrogen-bond donors (Lipinski definition) is 2. The van der Waals surface area contributed by atoms with E-state index in [9.17, 15) is 31.2 Å². The summed E-state index contributed by atoms with van der Waals surface area (Å²) in [5.41, 5.74) is -1.05. The summed E-state index contributed by atoms with van der Waals surface area (Å²) in [5, 5.41) is 2.19. The topological polar surface area (TPSA) is 111 Å². The second kappa shape index (κ2) is 11.0. The van der Waals surface area contributed by atoms with Gasteiger partial charge in [-0.05, 0) is 49.4 Å². The summed E-state index contributed by atoms with van der Waals surface area (Å²) in [5.74, 6) is -1.19. The van der Waals surface area contributed by atoms with Gasteiger partial charge in [0.1, 0.15) is 5.75 Å². The number of carbonyl (C=O) groups excluding carboxylic acids is 2. The number of ether oxygens (including phenoxy) is 2. The first-order valence-corrected chi connectivity index (χ1v) is 10.8. The van der Waals surface area contributed by atoms with E-state index in [-0.39, 0.29) is 23.5 Å². The highest BCUT2D eigenvalue weighted by Crippen LogP contribution is 2.30. The highest BCUT2D eigenvalue weighted by molar-refractivity contribution is 7.89. The predicted molar refractivity (Wildman–Crippen MR) is 108 cm³/mol. The maximum atomic E-state index is 12.7. The van der Waals surface area contributed by atoms with E-state index in [1.54, 1.807) is 6.92 Å². The molecule has 0 fully saturated rings. The quantitative estimate of drug-likeness (QED) is 0.513. The number of benzene rings is 2. The van der Waals surface area contributed by atoms with Crippen molar-refractivity contribution in [1.29, 1.82) is 0 Å². The van der Waals surface area contributed by atoms with Crippen LogP contribution in [0, 0.1) is 0 Å². The van der Waals surface area contributed by atoms with Gasteiger partial charge in [-0.3, -0.25) is 9.59 Å². The van der Waals surface area contributed by atoms with E-state index in [4.69, 9.17) is 9.47 Å². The summed E-state index contributed by atoms with van der Waals surface area (Å²) < 4.78 is 74.6. The molecule has 12 heteroatoms. The molecule has 1 amide bonds. The Morgan fingerprint density at radius 1 is 1.06 bits per heavy atom. The van der Waals surface area contributed by atoms with E-state index in [1.165, 1.54) is 30.3 Å². The Labute approximate surface area is 182 Å². The van der Waals surface area contributed by atoms with Crippen molar-refractivity contribution in [2.24, 2.45) is 0 Å². The molecule has 2 aromatic carbocycles. The van der Waals surface area contributed by atoms with Crippen LogP contribution in [0.3, 0.4) is 0 Å². The molecular weight excluding hydrogens is 453 g/mol. The molecule has 0 radical (unpaired) electrons. The van der Waals surface area contributed by atoms with Crippen LogP contribution in [0.15, 0.2) is 53.4 Å². The van der Waals surface area contributed by atoms with E-state index in [0.717, 1.165) is 18.2 Å². The fourth-order valence-electron chi connectivity index (χ4n) is 2.44. The number of halogens is 3. The van der Waals surface area contributed by atoms with Gasteiger partial charge in [0.2, 0.25) is 10.0 Å². The van der Waals surface area contributed by atoms with Crippen LogP contribution in [-0.2, 0) is 30.5 Å². The number of sulfonamides is 1. The van der Waals surface area contributed by atoms with E-state index >= 15 is 0 Å². The first kappa shape index (κ1) is 25.1. The number of carbonyl (C=O) groups is 2. The molecule has 0 aliphatic carbocycles. The van der Waals surface area contributed by atoms with Gasteiger partial charge in [-0.2, -0.15) is 13.2 Å². The molecule has 0 aliphatic rings. The van der Waals surface area contributed by atoms with E-state index in [0.29, 0.717) is 12.4 Å². The molecule has 0 saturated carbocycles. The first-order chi connectivity index (χ1) is 15.0. The largest absolute Gasteiger partial charge is 0.494 e. The van der Waals surface area contributed by atoms with Gasteiger partial charge in [-0.1, -0.05) is 6.07 Å². The van der Waals surface area contributed by atoms with Gasteiger partial charge < -0.3 is 14.8 Å². The lowest BCUT2D eigenvalue weighted by molar-refractivity contribution is -0.147. The Morgan fingerprint density at radius 3 is 2.38 bits per heavy atom. The zero-order valence-corrected chi connectivity index (χ0v) is 17.8. The average Bonchev–Trinajstić information content (AvgIpc) is 2.72. The molecule has 8 nitrogen and oxygen atoms in total.